The Morgan fingerprint density at radius 1 is 1.33 bits per heavy atom. The lowest BCUT2D eigenvalue weighted by molar-refractivity contribution is 0.0697. The topological polar surface area (TPSA) is 37.3 Å². The lowest BCUT2D eigenvalue weighted by Gasteiger charge is -2.31. The molecule has 1 saturated heterocycles. The van der Waals surface area contributed by atoms with Crippen LogP contribution in [0.5, 0.6) is 0 Å². The third-order valence-electron chi connectivity index (χ3n) is 3.78. The molecule has 1 aliphatic rings. The number of halogens is 1. The average molecular weight is 272 g/mol. The predicted octanol–water partition coefficient (Wildman–Crippen LogP) is 1.58. The van der Waals surface area contributed by atoms with E-state index in [1.165, 1.54) is 0 Å². The summed E-state index contributed by atoms with van der Waals surface area (Å²) in [6, 6.07) is 4.48. The predicted molar refractivity (Wildman–Crippen MR) is 75.4 cm³/mol. The van der Waals surface area contributed by atoms with Crippen molar-refractivity contribution in [2.75, 3.05) is 20.1 Å². The zero-order chi connectivity index (χ0) is 12.4. The van der Waals surface area contributed by atoms with Crippen LogP contribution in [0.15, 0.2) is 12.1 Å². The lowest BCUT2D eigenvalue weighted by Crippen LogP contribution is -2.44. The Morgan fingerprint density at radius 2 is 1.94 bits per heavy atom. The number of hydrogen-bond donors (Lipinski definition) is 1. The summed E-state index contributed by atoms with van der Waals surface area (Å²) in [5.41, 5.74) is 1.92. The van der Waals surface area contributed by atoms with Crippen LogP contribution in [0.2, 0.25) is 0 Å². The van der Waals surface area contributed by atoms with Crippen LogP contribution in [-0.2, 0) is 7.05 Å². The van der Waals surface area contributed by atoms with E-state index in [9.17, 15) is 4.79 Å². The van der Waals surface area contributed by atoms with E-state index in [-0.39, 0.29) is 18.3 Å². The molecule has 5 heteroatoms. The van der Waals surface area contributed by atoms with E-state index >= 15 is 0 Å². The first-order valence-electron chi connectivity index (χ1n) is 6.22. The number of amides is 1. The van der Waals surface area contributed by atoms with E-state index < -0.39 is 0 Å². The highest BCUT2D eigenvalue weighted by atomic mass is 35.5. The van der Waals surface area contributed by atoms with Gasteiger partial charge in [0.2, 0.25) is 0 Å². The van der Waals surface area contributed by atoms with Crippen LogP contribution in [0, 0.1) is 6.92 Å². The van der Waals surface area contributed by atoms with Gasteiger partial charge in [-0.3, -0.25) is 4.79 Å². The first-order valence-corrected chi connectivity index (χ1v) is 6.22. The molecule has 1 amide bonds. The maximum Gasteiger partial charge on any atom is 0.270 e. The molecule has 2 heterocycles. The normalized spacial score (nSPS) is 16.5. The molecule has 1 fully saturated rings. The van der Waals surface area contributed by atoms with Crippen molar-refractivity contribution < 1.29 is 4.79 Å². The Hall–Kier alpha value is -1.00. The van der Waals surface area contributed by atoms with Gasteiger partial charge in [0.1, 0.15) is 5.69 Å². The molecular formula is C13H22ClN3O. The van der Waals surface area contributed by atoms with Crippen molar-refractivity contribution in [1.82, 2.24) is 14.8 Å². The van der Waals surface area contributed by atoms with Gasteiger partial charge in [0, 0.05) is 31.9 Å². The number of hydrogen-bond acceptors (Lipinski definition) is 2. The number of aryl methyl sites for hydroxylation is 1. The first-order chi connectivity index (χ1) is 8.13. The molecule has 0 spiro atoms. The molecule has 102 valence electrons. The Labute approximate surface area is 115 Å². The maximum absolute atomic E-state index is 12.3. The van der Waals surface area contributed by atoms with Gasteiger partial charge < -0.3 is 14.8 Å². The van der Waals surface area contributed by atoms with Crippen molar-refractivity contribution >= 4 is 18.3 Å². The molecule has 1 aromatic rings. The summed E-state index contributed by atoms with van der Waals surface area (Å²) in [6.07, 6.45) is 2.09. The number of aromatic nitrogens is 1. The van der Waals surface area contributed by atoms with Crippen LogP contribution in [0.4, 0.5) is 0 Å². The van der Waals surface area contributed by atoms with Gasteiger partial charge in [-0.2, -0.15) is 0 Å². The van der Waals surface area contributed by atoms with Gasteiger partial charge in [0.05, 0.1) is 0 Å². The summed E-state index contributed by atoms with van der Waals surface area (Å²) >= 11 is 0. The van der Waals surface area contributed by atoms with Crippen LogP contribution in [0.3, 0.4) is 0 Å². The summed E-state index contributed by atoms with van der Waals surface area (Å²) in [5, 5.41) is 3.28. The number of piperidine rings is 1. The summed E-state index contributed by atoms with van der Waals surface area (Å²) in [5.74, 6) is 0.162. The highest BCUT2D eigenvalue weighted by Gasteiger charge is 2.24. The molecule has 4 nitrogen and oxygen atoms in total. The summed E-state index contributed by atoms with van der Waals surface area (Å²) < 4.78 is 1.96. The quantitative estimate of drug-likeness (QED) is 0.887. The van der Waals surface area contributed by atoms with Crippen molar-refractivity contribution in [2.24, 2.45) is 7.05 Å². The zero-order valence-electron chi connectivity index (χ0n) is 11.3. The summed E-state index contributed by atoms with van der Waals surface area (Å²) in [6.45, 7) is 3.73. The minimum absolute atomic E-state index is 0. The van der Waals surface area contributed by atoms with Crippen molar-refractivity contribution in [1.29, 1.82) is 0 Å². The van der Waals surface area contributed by atoms with E-state index in [1.807, 2.05) is 42.6 Å². The second kappa shape index (κ2) is 6.25. The van der Waals surface area contributed by atoms with E-state index in [1.54, 1.807) is 0 Å². The van der Waals surface area contributed by atoms with Crippen LogP contribution < -0.4 is 5.32 Å². The minimum atomic E-state index is 0. The van der Waals surface area contributed by atoms with Crippen LogP contribution in [0.1, 0.15) is 29.0 Å². The van der Waals surface area contributed by atoms with Gasteiger partial charge in [0.25, 0.3) is 5.91 Å². The van der Waals surface area contributed by atoms with Crippen LogP contribution in [0.25, 0.3) is 0 Å². The van der Waals surface area contributed by atoms with Crippen LogP contribution >= 0.6 is 12.4 Å². The van der Waals surface area contributed by atoms with Crippen molar-refractivity contribution in [3.8, 4) is 0 Å². The molecule has 0 atom stereocenters. The maximum atomic E-state index is 12.3. The van der Waals surface area contributed by atoms with Gasteiger partial charge >= 0.3 is 0 Å². The van der Waals surface area contributed by atoms with Gasteiger partial charge in [0.15, 0.2) is 0 Å². The van der Waals surface area contributed by atoms with E-state index in [0.717, 1.165) is 37.3 Å². The molecule has 1 aromatic heterocycles. The number of likely N-dealkylation sites (tertiary alicyclic amines) is 1. The fourth-order valence-electron chi connectivity index (χ4n) is 2.36. The first kappa shape index (κ1) is 15.1. The standard InChI is InChI=1S/C13H21N3O.ClH/c1-10-4-5-12(15(10)3)13(17)16-8-6-11(14-2)7-9-16;/h4-5,11,14H,6-9H2,1-3H3;1H. The molecule has 0 unspecified atom stereocenters. The largest absolute Gasteiger partial charge is 0.344 e. The molecule has 0 aliphatic carbocycles. The second-order valence-corrected chi connectivity index (χ2v) is 4.77. The number of nitrogens with one attached hydrogen (secondary N) is 1. The number of rotatable bonds is 2. The van der Waals surface area contributed by atoms with Crippen molar-refractivity contribution in [3.63, 3.8) is 0 Å². The molecule has 2 rings (SSSR count). The van der Waals surface area contributed by atoms with Crippen molar-refractivity contribution in [2.45, 2.75) is 25.8 Å². The Balaban J connectivity index is 0.00000162. The molecule has 18 heavy (non-hydrogen) atoms. The molecule has 1 aliphatic heterocycles. The number of carbonyl (C=O) groups is 1. The monoisotopic (exact) mass is 271 g/mol. The molecule has 1 N–H and O–H groups in total. The van der Waals surface area contributed by atoms with E-state index in [4.69, 9.17) is 0 Å². The third-order valence-corrected chi connectivity index (χ3v) is 3.78. The fourth-order valence-corrected chi connectivity index (χ4v) is 2.36. The highest BCUT2D eigenvalue weighted by molar-refractivity contribution is 5.93. The molecule has 0 aromatic carbocycles. The molecule has 0 radical (unpaired) electrons. The Morgan fingerprint density at radius 3 is 2.39 bits per heavy atom. The number of nitrogens with zero attached hydrogens (tertiary/aromatic N) is 2. The summed E-state index contributed by atoms with van der Waals surface area (Å²) in [7, 11) is 3.94. The lowest BCUT2D eigenvalue weighted by atomic mass is 10.1. The smallest absolute Gasteiger partial charge is 0.270 e. The average Bonchev–Trinajstić information content (AvgIpc) is 2.69. The molecule has 0 bridgehead atoms. The van der Waals surface area contributed by atoms with Crippen molar-refractivity contribution in [3.05, 3.63) is 23.5 Å². The van der Waals surface area contributed by atoms with Gasteiger partial charge in [-0.25, -0.2) is 0 Å². The van der Waals surface area contributed by atoms with Crippen LogP contribution in [-0.4, -0.2) is 41.6 Å². The molecular weight excluding hydrogens is 250 g/mol. The Kier molecular flexibility index (Phi) is 5.23. The number of carbonyl (C=O) groups excluding carboxylic acids is 1. The zero-order valence-corrected chi connectivity index (χ0v) is 12.1. The Bertz CT molecular complexity index is 408. The van der Waals surface area contributed by atoms with Gasteiger partial charge in [-0.1, -0.05) is 0 Å². The SMILES string of the molecule is CNC1CCN(C(=O)c2ccc(C)n2C)CC1.Cl. The minimum Gasteiger partial charge on any atom is -0.344 e. The fraction of sp³-hybridized carbons (Fsp3) is 0.615. The highest BCUT2D eigenvalue weighted by Crippen LogP contribution is 2.15. The van der Waals surface area contributed by atoms with E-state index in [0.29, 0.717) is 6.04 Å². The second-order valence-electron chi connectivity index (χ2n) is 4.77. The summed E-state index contributed by atoms with van der Waals surface area (Å²) in [4.78, 5) is 14.3. The van der Waals surface area contributed by atoms with Gasteiger partial charge in [-0.05, 0) is 38.9 Å². The molecule has 0 saturated carbocycles. The third kappa shape index (κ3) is 2.87. The van der Waals surface area contributed by atoms with E-state index in [2.05, 4.69) is 5.32 Å². The van der Waals surface area contributed by atoms with Gasteiger partial charge in [-0.15, -0.1) is 12.4 Å².